The number of nitrogens with zero attached hydrogens (tertiary/aromatic N) is 1. The van der Waals surface area contributed by atoms with E-state index in [1.807, 2.05) is 0 Å². The maximum Gasteiger partial charge on any atom is 0.405 e. The summed E-state index contributed by atoms with van der Waals surface area (Å²) < 4.78 is 40.6. The van der Waals surface area contributed by atoms with E-state index in [4.69, 9.17) is 4.74 Å². The van der Waals surface area contributed by atoms with Gasteiger partial charge in [-0.05, 0) is 19.8 Å². The standard InChI is InChI=1S/C10H15F3N2O3/c1-2-18-8(16)7-4-3-5-15(7)9(17)14-6-10(11,12)13/h7H,2-6H2,1H3,(H,14,17). The van der Waals surface area contributed by atoms with E-state index >= 15 is 0 Å². The summed E-state index contributed by atoms with van der Waals surface area (Å²) in [5.74, 6) is -0.572. The molecule has 0 aromatic heterocycles. The third kappa shape index (κ3) is 4.08. The van der Waals surface area contributed by atoms with Crippen molar-refractivity contribution in [2.75, 3.05) is 19.7 Å². The molecule has 0 bridgehead atoms. The van der Waals surface area contributed by atoms with Crippen LogP contribution in [0.3, 0.4) is 0 Å². The van der Waals surface area contributed by atoms with Gasteiger partial charge in [-0.1, -0.05) is 0 Å². The van der Waals surface area contributed by atoms with Crippen molar-refractivity contribution in [2.24, 2.45) is 0 Å². The first-order chi connectivity index (χ1) is 8.35. The van der Waals surface area contributed by atoms with Gasteiger partial charge in [-0.2, -0.15) is 13.2 Å². The van der Waals surface area contributed by atoms with Crippen LogP contribution in [-0.2, 0) is 9.53 Å². The summed E-state index contributed by atoms with van der Waals surface area (Å²) in [4.78, 5) is 24.1. The molecule has 0 saturated carbocycles. The lowest BCUT2D eigenvalue weighted by molar-refractivity contribution is -0.147. The number of esters is 1. The van der Waals surface area contributed by atoms with Gasteiger partial charge in [-0.25, -0.2) is 9.59 Å². The normalized spacial score (nSPS) is 19.8. The topological polar surface area (TPSA) is 58.6 Å². The van der Waals surface area contributed by atoms with E-state index in [1.54, 1.807) is 12.2 Å². The van der Waals surface area contributed by atoms with Crippen molar-refractivity contribution in [3.63, 3.8) is 0 Å². The van der Waals surface area contributed by atoms with Crippen LogP contribution in [0, 0.1) is 0 Å². The van der Waals surface area contributed by atoms with E-state index in [-0.39, 0.29) is 13.2 Å². The number of carbonyl (C=O) groups excluding carboxylic acids is 2. The van der Waals surface area contributed by atoms with Gasteiger partial charge in [0.1, 0.15) is 12.6 Å². The monoisotopic (exact) mass is 268 g/mol. The molecule has 0 spiro atoms. The van der Waals surface area contributed by atoms with Crippen molar-refractivity contribution in [1.29, 1.82) is 0 Å². The highest BCUT2D eigenvalue weighted by molar-refractivity contribution is 5.84. The summed E-state index contributed by atoms with van der Waals surface area (Å²) in [7, 11) is 0. The lowest BCUT2D eigenvalue weighted by atomic mass is 10.2. The molecule has 0 aromatic rings. The predicted molar refractivity (Wildman–Crippen MR) is 55.8 cm³/mol. The molecular weight excluding hydrogens is 253 g/mol. The number of halogens is 3. The first kappa shape index (κ1) is 14.6. The number of alkyl halides is 3. The molecule has 5 nitrogen and oxygen atoms in total. The Labute approximate surface area is 102 Å². The minimum atomic E-state index is -4.46. The number of amides is 2. The van der Waals surface area contributed by atoms with Crippen molar-refractivity contribution >= 4 is 12.0 Å². The highest BCUT2D eigenvalue weighted by Gasteiger charge is 2.36. The minimum Gasteiger partial charge on any atom is -0.464 e. The molecule has 1 atom stereocenters. The first-order valence-corrected chi connectivity index (χ1v) is 5.63. The molecule has 1 unspecified atom stereocenters. The smallest absolute Gasteiger partial charge is 0.405 e. The Morgan fingerprint density at radius 2 is 2.11 bits per heavy atom. The molecule has 0 aliphatic carbocycles. The number of likely N-dealkylation sites (tertiary alicyclic amines) is 1. The van der Waals surface area contributed by atoms with Crippen molar-refractivity contribution < 1.29 is 27.5 Å². The third-order valence-electron chi connectivity index (χ3n) is 2.51. The van der Waals surface area contributed by atoms with Crippen LogP contribution in [-0.4, -0.2) is 48.8 Å². The number of nitrogens with one attached hydrogen (secondary N) is 1. The molecule has 8 heteroatoms. The van der Waals surface area contributed by atoms with E-state index in [0.29, 0.717) is 12.8 Å². The molecule has 18 heavy (non-hydrogen) atoms. The summed E-state index contributed by atoms with van der Waals surface area (Å²) in [5, 5.41) is 1.75. The van der Waals surface area contributed by atoms with Gasteiger partial charge in [0, 0.05) is 6.54 Å². The van der Waals surface area contributed by atoms with Crippen molar-refractivity contribution in [3.05, 3.63) is 0 Å². The molecule has 1 heterocycles. The first-order valence-electron chi connectivity index (χ1n) is 5.63. The van der Waals surface area contributed by atoms with Crippen molar-refractivity contribution in [3.8, 4) is 0 Å². The zero-order chi connectivity index (χ0) is 13.8. The van der Waals surface area contributed by atoms with Gasteiger partial charge in [0.05, 0.1) is 6.61 Å². The Kier molecular flexibility index (Phi) is 4.80. The largest absolute Gasteiger partial charge is 0.464 e. The average Bonchev–Trinajstić information content (AvgIpc) is 2.74. The molecule has 2 amide bonds. The van der Waals surface area contributed by atoms with Crippen molar-refractivity contribution in [1.82, 2.24) is 10.2 Å². The average molecular weight is 268 g/mol. The highest BCUT2D eigenvalue weighted by Crippen LogP contribution is 2.19. The molecular formula is C10H15F3N2O3. The summed E-state index contributed by atoms with van der Waals surface area (Å²) >= 11 is 0. The molecule has 1 N–H and O–H groups in total. The predicted octanol–water partition coefficient (Wildman–Crippen LogP) is 1.29. The summed E-state index contributed by atoms with van der Waals surface area (Å²) in [5.41, 5.74) is 0. The lowest BCUT2D eigenvalue weighted by Gasteiger charge is -2.23. The second kappa shape index (κ2) is 5.92. The zero-order valence-corrected chi connectivity index (χ0v) is 9.92. The molecule has 1 fully saturated rings. The Morgan fingerprint density at radius 3 is 2.67 bits per heavy atom. The second-order valence-corrected chi connectivity index (χ2v) is 3.88. The number of hydrogen-bond donors (Lipinski definition) is 1. The van der Waals surface area contributed by atoms with Crippen LogP contribution in [0.5, 0.6) is 0 Å². The molecule has 104 valence electrons. The van der Waals surface area contributed by atoms with E-state index in [2.05, 4.69) is 0 Å². The maximum atomic E-state index is 12.0. The Balaban J connectivity index is 2.53. The van der Waals surface area contributed by atoms with Crippen LogP contribution in [0.4, 0.5) is 18.0 Å². The highest BCUT2D eigenvalue weighted by atomic mass is 19.4. The van der Waals surface area contributed by atoms with Gasteiger partial charge in [-0.3, -0.25) is 0 Å². The fourth-order valence-corrected chi connectivity index (χ4v) is 1.77. The van der Waals surface area contributed by atoms with E-state index in [1.165, 1.54) is 0 Å². The molecule has 0 radical (unpaired) electrons. The van der Waals surface area contributed by atoms with Crippen LogP contribution >= 0.6 is 0 Å². The molecule has 1 aliphatic heterocycles. The van der Waals surface area contributed by atoms with E-state index in [0.717, 1.165) is 4.90 Å². The van der Waals surface area contributed by atoms with Gasteiger partial charge >= 0.3 is 18.2 Å². The Bertz CT molecular complexity index is 320. The van der Waals surface area contributed by atoms with E-state index < -0.39 is 30.8 Å². The zero-order valence-electron chi connectivity index (χ0n) is 9.92. The van der Waals surface area contributed by atoms with Crippen LogP contribution in [0.2, 0.25) is 0 Å². The van der Waals surface area contributed by atoms with Gasteiger partial charge in [0.25, 0.3) is 0 Å². The number of ether oxygens (including phenoxy) is 1. The van der Waals surface area contributed by atoms with Gasteiger partial charge in [0.15, 0.2) is 0 Å². The van der Waals surface area contributed by atoms with Gasteiger partial charge in [0.2, 0.25) is 0 Å². The number of urea groups is 1. The van der Waals surface area contributed by atoms with Crippen LogP contribution < -0.4 is 5.32 Å². The van der Waals surface area contributed by atoms with Gasteiger partial charge in [-0.15, -0.1) is 0 Å². The number of hydrogen-bond acceptors (Lipinski definition) is 3. The summed E-state index contributed by atoms with van der Waals surface area (Å²) in [6.07, 6.45) is -3.48. The fraction of sp³-hybridized carbons (Fsp3) is 0.800. The molecule has 1 saturated heterocycles. The minimum absolute atomic E-state index is 0.174. The SMILES string of the molecule is CCOC(=O)C1CCCN1C(=O)NCC(F)(F)F. The quantitative estimate of drug-likeness (QED) is 0.784. The maximum absolute atomic E-state index is 12.0. The second-order valence-electron chi connectivity index (χ2n) is 3.88. The Hall–Kier alpha value is -1.47. The lowest BCUT2D eigenvalue weighted by Crippen LogP contribution is -2.48. The van der Waals surface area contributed by atoms with E-state index in [9.17, 15) is 22.8 Å². The van der Waals surface area contributed by atoms with Crippen LogP contribution in [0.15, 0.2) is 0 Å². The summed E-state index contributed by atoms with van der Waals surface area (Å²) in [6, 6.07) is -1.67. The van der Waals surface area contributed by atoms with Crippen molar-refractivity contribution in [2.45, 2.75) is 32.0 Å². The van der Waals surface area contributed by atoms with Crippen LogP contribution in [0.1, 0.15) is 19.8 Å². The third-order valence-corrected chi connectivity index (χ3v) is 2.51. The molecule has 1 rings (SSSR count). The fourth-order valence-electron chi connectivity index (χ4n) is 1.77. The molecule has 0 aromatic carbocycles. The summed E-state index contributed by atoms with van der Waals surface area (Å²) in [6.45, 7) is 0.652. The van der Waals surface area contributed by atoms with Gasteiger partial charge < -0.3 is 15.0 Å². The Morgan fingerprint density at radius 1 is 1.44 bits per heavy atom. The van der Waals surface area contributed by atoms with Crippen LogP contribution in [0.25, 0.3) is 0 Å². The molecule has 1 aliphatic rings. The number of carbonyl (C=O) groups is 2. The number of rotatable bonds is 3.